The number of aliphatic hydroxyl groups excluding tert-OH is 5. The largest absolute Gasteiger partial charge is 0.491 e. The Balaban J connectivity index is 0.913. The Hall–Kier alpha value is -4.51. The van der Waals surface area contributed by atoms with Crippen LogP contribution in [-0.2, 0) is 28.5 Å². The van der Waals surface area contributed by atoms with Gasteiger partial charge in [0.25, 0.3) is 5.91 Å². The molecule has 2 aromatic heterocycles. The van der Waals surface area contributed by atoms with Gasteiger partial charge in [-0.05, 0) is 30.3 Å². The van der Waals surface area contributed by atoms with Crippen molar-refractivity contribution in [3.05, 3.63) is 42.9 Å². The van der Waals surface area contributed by atoms with Crippen molar-refractivity contribution < 1.29 is 63.6 Å². The highest BCUT2D eigenvalue weighted by molar-refractivity contribution is 5.99. The van der Waals surface area contributed by atoms with Crippen LogP contribution in [-0.4, -0.2) is 164 Å². The van der Waals surface area contributed by atoms with Crippen molar-refractivity contribution in [3.8, 4) is 5.75 Å². The van der Waals surface area contributed by atoms with E-state index in [0.717, 1.165) is 0 Å². The molecule has 6 rings (SSSR count). The zero-order valence-corrected chi connectivity index (χ0v) is 28.1. The van der Waals surface area contributed by atoms with Gasteiger partial charge in [-0.1, -0.05) is 0 Å². The summed E-state index contributed by atoms with van der Waals surface area (Å²) in [7, 11) is 1.73. The fourth-order valence-electron chi connectivity index (χ4n) is 6.20. The number of hydrogen-bond acceptors (Lipinski definition) is 16. The fourth-order valence-corrected chi connectivity index (χ4v) is 6.20. The Morgan fingerprint density at radius 2 is 1.71 bits per heavy atom. The van der Waals surface area contributed by atoms with Gasteiger partial charge in [0.1, 0.15) is 67.2 Å². The molecule has 0 radical (unpaired) electrons. The second-order valence-corrected chi connectivity index (χ2v) is 12.3. The summed E-state index contributed by atoms with van der Waals surface area (Å²) < 4.78 is 29.4. The van der Waals surface area contributed by atoms with Crippen LogP contribution in [0.15, 0.2) is 42.9 Å². The third-order valence-electron chi connectivity index (χ3n) is 8.91. The summed E-state index contributed by atoms with van der Waals surface area (Å²) in [5.41, 5.74) is 0.993. The molecule has 3 amide bonds. The lowest BCUT2D eigenvalue weighted by molar-refractivity contribution is -0.315. The number of carbonyl (C=O) groups excluding carboxylic acids is 3. The number of nitrogens with one attached hydrogen (secondary N) is 3. The number of amides is 3. The molecular formula is C32H41N7O13. The summed E-state index contributed by atoms with van der Waals surface area (Å²) in [6, 6.07) is 7.31. The van der Waals surface area contributed by atoms with Crippen LogP contribution in [0.5, 0.6) is 5.75 Å². The number of fused-ring (bicyclic) bond motifs is 2. The highest BCUT2D eigenvalue weighted by Crippen LogP contribution is 2.42. The normalized spacial score (nSPS) is 29.6. The maximum Gasteiger partial charge on any atom is 0.331 e. The number of aromatic nitrogens is 3. The monoisotopic (exact) mass is 731 g/mol. The van der Waals surface area contributed by atoms with Crippen LogP contribution in [0.1, 0.15) is 6.92 Å². The second-order valence-electron chi connectivity index (χ2n) is 12.3. The van der Waals surface area contributed by atoms with Gasteiger partial charge in [-0.25, -0.2) is 14.8 Å². The Morgan fingerprint density at radius 3 is 2.42 bits per heavy atom. The van der Waals surface area contributed by atoms with Gasteiger partial charge in [-0.2, -0.15) is 0 Å². The predicted octanol–water partition coefficient (Wildman–Crippen LogP) is -2.43. The van der Waals surface area contributed by atoms with E-state index in [0.29, 0.717) is 28.3 Å². The topological polar surface area (TPSA) is 268 Å². The summed E-state index contributed by atoms with van der Waals surface area (Å²) in [5.74, 6) is -0.0621. The van der Waals surface area contributed by atoms with Crippen molar-refractivity contribution in [1.29, 1.82) is 0 Å². The predicted molar refractivity (Wildman–Crippen MR) is 177 cm³/mol. The molecule has 3 fully saturated rings. The first kappa shape index (κ1) is 37.3. The zero-order chi connectivity index (χ0) is 37.1. The molecule has 8 N–H and O–H groups in total. The first-order valence-electron chi connectivity index (χ1n) is 16.5. The van der Waals surface area contributed by atoms with Gasteiger partial charge < -0.3 is 70.1 Å². The van der Waals surface area contributed by atoms with Crippen LogP contribution in [0.2, 0.25) is 0 Å². The van der Waals surface area contributed by atoms with E-state index in [-0.39, 0.29) is 32.3 Å². The molecule has 0 saturated carbocycles. The van der Waals surface area contributed by atoms with E-state index < -0.39 is 79.8 Å². The molecule has 20 heteroatoms. The Labute approximate surface area is 296 Å². The first-order chi connectivity index (χ1) is 25.0. The van der Waals surface area contributed by atoms with Crippen molar-refractivity contribution >= 4 is 40.4 Å². The molecule has 282 valence electrons. The van der Waals surface area contributed by atoms with Gasteiger partial charge in [0, 0.05) is 32.4 Å². The summed E-state index contributed by atoms with van der Waals surface area (Å²) >= 11 is 0. The minimum Gasteiger partial charge on any atom is -0.491 e. The van der Waals surface area contributed by atoms with Crippen LogP contribution in [0.4, 0.5) is 16.3 Å². The number of aliphatic hydroxyl groups is 5. The number of benzene rings is 1. The van der Waals surface area contributed by atoms with Gasteiger partial charge in [0.2, 0.25) is 5.91 Å². The molecule has 0 aliphatic carbocycles. The highest BCUT2D eigenvalue weighted by atomic mass is 16.7. The van der Waals surface area contributed by atoms with Gasteiger partial charge >= 0.3 is 6.03 Å². The molecule has 10 atom stereocenters. The van der Waals surface area contributed by atoms with Crippen LogP contribution < -0.4 is 20.7 Å². The lowest BCUT2D eigenvalue weighted by atomic mass is 9.97. The number of ether oxygens (including phenoxy) is 5. The average molecular weight is 732 g/mol. The molecule has 3 aliphatic rings. The minimum absolute atomic E-state index is 0.00283. The second kappa shape index (κ2) is 16.0. The summed E-state index contributed by atoms with van der Waals surface area (Å²) in [6.07, 6.45) is -10.3. The maximum absolute atomic E-state index is 12.9. The zero-order valence-electron chi connectivity index (χ0n) is 28.1. The molecule has 1 aromatic carbocycles. The number of anilines is 2. The van der Waals surface area contributed by atoms with E-state index >= 15 is 0 Å². The van der Waals surface area contributed by atoms with Crippen molar-refractivity contribution in [3.63, 3.8) is 0 Å². The molecule has 5 heterocycles. The minimum atomic E-state index is -1.85. The van der Waals surface area contributed by atoms with E-state index in [4.69, 9.17) is 23.7 Å². The number of rotatable bonds is 13. The molecule has 3 aliphatic heterocycles. The standard InChI is InChI=1S/C32H41N7O13/c1-15(41)39-20-25(21(42)19(13-40)50-30(20)39)51-31-24(45)22(43)23(44)26(52-31)29(46)34-8-10-48-11-12-49-17-5-3-16(4-6-17)37-32(47)38-9-7-18-27(33-2)35-14-36-28(18)38/h3-7,9,14,19-26,30-31,40,42-45H,8,10-13H2,1-2H3,(H,34,46)(H,37,47)(H,33,35,36). The lowest BCUT2D eigenvalue weighted by Crippen LogP contribution is -2.64. The van der Waals surface area contributed by atoms with Crippen LogP contribution in [0.3, 0.4) is 0 Å². The molecule has 20 nitrogen and oxygen atoms in total. The van der Waals surface area contributed by atoms with E-state index in [1.807, 2.05) is 0 Å². The molecule has 3 saturated heterocycles. The Bertz CT molecular complexity index is 1730. The third kappa shape index (κ3) is 7.65. The van der Waals surface area contributed by atoms with E-state index in [9.17, 15) is 39.9 Å². The lowest BCUT2D eigenvalue weighted by Gasteiger charge is -2.42. The molecule has 52 heavy (non-hydrogen) atoms. The Kier molecular flexibility index (Phi) is 11.5. The maximum atomic E-state index is 12.9. The van der Waals surface area contributed by atoms with Crippen LogP contribution >= 0.6 is 0 Å². The smallest absolute Gasteiger partial charge is 0.331 e. The summed E-state index contributed by atoms with van der Waals surface area (Å²) in [4.78, 5) is 47.3. The summed E-state index contributed by atoms with van der Waals surface area (Å²) in [5, 5.41) is 60.8. The molecule has 10 unspecified atom stereocenters. The number of carbonyl (C=O) groups is 3. The fraction of sp³-hybridized carbons (Fsp3) is 0.531. The first-order valence-corrected chi connectivity index (χ1v) is 16.5. The third-order valence-corrected chi connectivity index (χ3v) is 8.91. The molecule has 0 spiro atoms. The van der Waals surface area contributed by atoms with Crippen LogP contribution in [0.25, 0.3) is 11.0 Å². The van der Waals surface area contributed by atoms with Crippen molar-refractivity contribution in [2.75, 3.05) is 50.7 Å². The van der Waals surface area contributed by atoms with Crippen LogP contribution in [0, 0.1) is 0 Å². The van der Waals surface area contributed by atoms with Gasteiger partial charge in [-0.15, -0.1) is 0 Å². The highest BCUT2D eigenvalue weighted by Gasteiger charge is 2.64. The molecular weight excluding hydrogens is 690 g/mol. The molecule has 0 bridgehead atoms. The van der Waals surface area contributed by atoms with Crippen molar-refractivity contribution in [1.82, 2.24) is 24.8 Å². The molecule has 3 aromatic rings. The van der Waals surface area contributed by atoms with Gasteiger partial charge in [0.05, 0.1) is 25.2 Å². The van der Waals surface area contributed by atoms with E-state index in [1.165, 1.54) is 22.7 Å². The van der Waals surface area contributed by atoms with E-state index in [1.54, 1.807) is 43.6 Å². The van der Waals surface area contributed by atoms with Crippen molar-refractivity contribution in [2.45, 2.75) is 68.2 Å². The van der Waals surface area contributed by atoms with E-state index in [2.05, 4.69) is 25.9 Å². The van der Waals surface area contributed by atoms with Crippen molar-refractivity contribution in [2.24, 2.45) is 0 Å². The quantitative estimate of drug-likeness (QED) is 0.0671. The van der Waals surface area contributed by atoms with Gasteiger partial charge in [-0.3, -0.25) is 14.2 Å². The number of nitrogens with zero attached hydrogens (tertiary/aromatic N) is 4. The van der Waals surface area contributed by atoms with Gasteiger partial charge in [0.15, 0.2) is 24.3 Å². The Morgan fingerprint density at radius 1 is 0.942 bits per heavy atom. The summed E-state index contributed by atoms with van der Waals surface area (Å²) in [6.45, 7) is 1.10. The SMILES string of the molecule is CNc1ncnc2c1ccn2C(=O)Nc1ccc(OCCOCCNC(=O)C2OC(OC3C(O)C(CO)OC4C3N4C(C)=O)C(O)C(O)C2O)cc1. The average Bonchev–Trinajstić information content (AvgIpc) is 3.70. The number of hydrogen-bond donors (Lipinski definition) is 8.